The third-order valence-electron chi connectivity index (χ3n) is 2.93. The number of carbonyl (C=O) groups excluding carboxylic acids is 2. The fourth-order valence-corrected chi connectivity index (χ4v) is 1.94. The summed E-state index contributed by atoms with van der Waals surface area (Å²) in [5, 5.41) is 2.78. The fourth-order valence-electron chi connectivity index (χ4n) is 1.94. The van der Waals surface area contributed by atoms with Gasteiger partial charge in [0.05, 0.1) is 19.8 Å². The van der Waals surface area contributed by atoms with Crippen LogP contribution < -0.4 is 5.32 Å². The van der Waals surface area contributed by atoms with Crippen LogP contribution in [0.25, 0.3) is 0 Å². The molecule has 1 atom stereocenters. The van der Waals surface area contributed by atoms with Crippen LogP contribution in [0, 0.1) is 0 Å². The molecule has 20 heavy (non-hydrogen) atoms. The van der Waals surface area contributed by atoms with Crippen molar-refractivity contribution in [3.05, 3.63) is 30.3 Å². The van der Waals surface area contributed by atoms with E-state index in [0.717, 1.165) is 5.69 Å². The predicted molar refractivity (Wildman–Crippen MR) is 73.4 cm³/mol. The number of amides is 2. The number of anilines is 1. The van der Waals surface area contributed by atoms with E-state index in [2.05, 4.69) is 5.32 Å². The van der Waals surface area contributed by atoms with Gasteiger partial charge in [0.1, 0.15) is 0 Å². The van der Waals surface area contributed by atoms with Gasteiger partial charge in [-0.3, -0.25) is 0 Å². The number of nitrogens with zero attached hydrogens (tertiary/aromatic N) is 1. The van der Waals surface area contributed by atoms with E-state index in [1.807, 2.05) is 18.2 Å². The lowest BCUT2D eigenvalue weighted by atomic mass is 10.3. The largest absolute Gasteiger partial charge is 0.464 e. The first kappa shape index (κ1) is 14.3. The van der Waals surface area contributed by atoms with Crippen LogP contribution in [-0.2, 0) is 14.3 Å². The van der Waals surface area contributed by atoms with Crippen molar-refractivity contribution in [2.75, 3.05) is 31.6 Å². The van der Waals surface area contributed by atoms with Gasteiger partial charge in [0.25, 0.3) is 0 Å². The van der Waals surface area contributed by atoms with Gasteiger partial charge in [0, 0.05) is 12.2 Å². The summed E-state index contributed by atoms with van der Waals surface area (Å²) in [5.41, 5.74) is 0.719. The summed E-state index contributed by atoms with van der Waals surface area (Å²) in [6.07, 6.45) is -0.703. The molecule has 2 rings (SSSR count). The van der Waals surface area contributed by atoms with Gasteiger partial charge in [0.2, 0.25) is 0 Å². The first-order chi connectivity index (χ1) is 9.70. The van der Waals surface area contributed by atoms with Gasteiger partial charge >= 0.3 is 12.0 Å². The van der Waals surface area contributed by atoms with Crippen molar-refractivity contribution in [1.29, 1.82) is 0 Å². The Morgan fingerprint density at radius 3 is 2.85 bits per heavy atom. The van der Waals surface area contributed by atoms with E-state index in [1.165, 1.54) is 0 Å². The van der Waals surface area contributed by atoms with Gasteiger partial charge < -0.3 is 19.7 Å². The summed E-state index contributed by atoms with van der Waals surface area (Å²) in [5.74, 6) is -0.426. The van der Waals surface area contributed by atoms with E-state index >= 15 is 0 Å². The second kappa shape index (κ2) is 6.91. The molecule has 0 radical (unpaired) electrons. The van der Waals surface area contributed by atoms with Crippen LogP contribution in [0.4, 0.5) is 10.5 Å². The van der Waals surface area contributed by atoms with Crippen molar-refractivity contribution in [3.8, 4) is 0 Å². The summed E-state index contributed by atoms with van der Waals surface area (Å²) in [6.45, 7) is 3.02. The van der Waals surface area contributed by atoms with Crippen molar-refractivity contribution >= 4 is 17.7 Å². The molecule has 1 aliphatic heterocycles. The van der Waals surface area contributed by atoms with Crippen LogP contribution in [0.15, 0.2) is 30.3 Å². The Morgan fingerprint density at radius 2 is 2.15 bits per heavy atom. The third-order valence-corrected chi connectivity index (χ3v) is 2.93. The molecule has 0 spiro atoms. The predicted octanol–water partition coefficient (Wildman–Crippen LogP) is 1.48. The van der Waals surface area contributed by atoms with Gasteiger partial charge in [-0.05, 0) is 19.1 Å². The standard InChI is InChI=1S/C14H18N2O4/c1-2-19-13(17)12-10-16(8-9-20-12)14(18)15-11-6-4-3-5-7-11/h3-7,12H,2,8-10H2,1H3,(H,15,18). The minimum Gasteiger partial charge on any atom is -0.464 e. The van der Waals surface area contributed by atoms with Crippen molar-refractivity contribution in [3.63, 3.8) is 0 Å². The summed E-state index contributed by atoms with van der Waals surface area (Å²) < 4.78 is 10.2. The smallest absolute Gasteiger partial charge is 0.337 e. The molecule has 1 aromatic rings. The van der Waals surface area contributed by atoms with E-state index in [1.54, 1.807) is 24.0 Å². The van der Waals surface area contributed by atoms with Gasteiger partial charge in [-0.15, -0.1) is 0 Å². The van der Waals surface area contributed by atoms with E-state index in [0.29, 0.717) is 19.8 Å². The van der Waals surface area contributed by atoms with Crippen molar-refractivity contribution in [2.45, 2.75) is 13.0 Å². The van der Waals surface area contributed by atoms with Crippen molar-refractivity contribution in [2.24, 2.45) is 0 Å². The maximum Gasteiger partial charge on any atom is 0.337 e. The zero-order valence-electron chi connectivity index (χ0n) is 11.4. The molecule has 108 valence electrons. The molecule has 1 aliphatic rings. The summed E-state index contributed by atoms with van der Waals surface area (Å²) in [4.78, 5) is 25.3. The number of nitrogens with one attached hydrogen (secondary N) is 1. The Bertz CT molecular complexity index is 464. The van der Waals surface area contributed by atoms with E-state index in [4.69, 9.17) is 9.47 Å². The Labute approximate surface area is 117 Å². The van der Waals surface area contributed by atoms with Crippen LogP contribution >= 0.6 is 0 Å². The fraction of sp³-hybridized carbons (Fsp3) is 0.429. The highest BCUT2D eigenvalue weighted by Gasteiger charge is 2.30. The zero-order chi connectivity index (χ0) is 14.4. The number of hydrogen-bond acceptors (Lipinski definition) is 4. The lowest BCUT2D eigenvalue weighted by Gasteiger charge is -2.31. The number of hydrogen-bond donors (Lipinski definition) is 1. The van der Waals surface area contributed by atoms with Crippen LogP contribution in [-0.4, -0.2) is 49.3 Å². The van der Waals surface area contributed by atoms with Crippen LogP contribution in [0.2, 0.25) is 0 Å². The molecule has 6 heteroatoms. The molecular formula is C14H18N2O4. The highest BCUT2D eigenvalue weighted by atomic mass is 16.6. The molecule has 1 N–H and O–H groups in total. The lowest BCUT2D eigenvalue weighted by molar-refractivity contribution is -0.160. The van der Waals surface area contributed by atoms with Crippen LogP contribution in [0.5, 0.6) is 0 Å². The number of esters is 1. The Hall–Kier alpha value is -2.08. The molecular weight excluding hydrogens is 260 g/mol. The maximum atomic E-state index is 12.1. The topological polar surface area (TPSA) is 67.9 Å². The molecule has 1 fully saturated rings. The number of morpholine rings is 1. The lowest BCUT2D eigenvalue weighted by Crippen LogP contribution is -2.50. The van der Waals surface area contributed by atoms with Gasteiger partial charge in [-0.2, -0.15) is 0 Å². The monoisotopic (exact) mass is 278 g/mol. The quantitative estimate of drug-likeness (QED) is 0.850. The number of carbonyl (C=O) groups is 2. The molecule has 1 unspecified atom stereocenters. The average molecular weight is 278 g/mol. The minimum atomic E-state index is -0.703. The number of para-hydroxylation sites is 1. The maximum absolute atomic E-state index is 12.1. The Kier molecular flexibility index (Phi) is 4.95. The average Bonchev–Trinajstić information content (AvgIpc) is 2.48. The van der Waals surface area contributed by atoms with Crippen LogP contribution in [0.3, 0.4) is 0 Å². The second-order valence-corrected chi connectivity index (χ2v) is 4.35. The molecule has 6 nitrogen and oxygen atoms in total. The molecule has 2 amide bonds. The Morgan fingerprint density at radius 1 is 1.40 bits per heavy atom. The van der Waals surface area contributed by atoms with Crippen LogP contribution in [0.1, 0.15) is 6.92 Å². The number of ether oxygens (including phenoxy) is 2. The molecule has 1 heterocycles. The van der Waals surface area contributed by atoms with Crippen molar-refractivity contribution in [1.82, 2.24) is 4.90 Å². The molecule has 0 bridgehead atoms. The SMILES string of the molecule is CCOC(=O)C1CN(C(=O)Nc2ccccc2)CCO1. The van der Waals surface area contributed by atoms with Gasteiger partial charge in [-0.25, -0.2) is 9.59 Å². The van der Waals surface area contributed by atoms with Gasteiger partial charge in [-0.1, -0.05) is 18.2 Å². The van der Waals surface area contributed by atoms with Crippen molar-refractivity contribution < 1.29 is 19.1 Å². The van der Waals surface area contributed by atoms with E-state index < -0.39 is 12.1 Å². The zero-order valence-corrected chi connectivity index (χ0v) is 11.4. The number of benzene rings is 1. The molecule has 0 aromatic heterocycles. The highest BCUT2D eigenvalue weighted by molar-refractivity contribution is 5.89. The molecule has 0 saturated carbocycles. The van der Waals surface area contributed by atoms with E-state index in [9.17, 15) is 9.59 Å². The molecule has 1 saturated heterocycles. The summed E-state index contributed by atoms with van der Waals surface area (Å²) in [7, 11) is 0. The minimum absolute atomic E-state index is 0.206. The summed E-state index contributed by atoms with van der Waals surface area (Å²) in [6, 6.07) is 8.93. The number of rotatable bonds is 3. The first-order valence-electron chi connectivity index (χ1n) is 6.60. The molecule has 1 aromatic carbocycles. The van der Waals surface area contributed by atoms with Gasteiger partial charge in [0.15, 0.2) is 6.10 Å². The van der Waals surface area contributed by atoms with E-state index in [-0.39, 0.29) is 12.6 Å². The summed E-state index contributed by atoms with van der Waals surface area (Å²) >= 11 is 0. The highest BCUT2D eigenvalue weighted by Crippen LogP contribution is 2.11. The Balaban J connectivity index is 1.91. The number of urea groups is 1. The second-order valence-electron chi connectivity index (χ2n) is 4.35. The molecule has 0 aliphatic carbocycles. The first-order valence-corrected chi connectivity index (χ1v) is 6.60. The third kappa shape index (κ3) is 3.71. The normalized spacial score (nSPS) is 18.4.